The Morgan fingerprint density at radius 1 is 1.04 bits per heavy atom. The van der Waals surface area contributed by atoms with E-state index in [-0.39, 0.29) is 15.7 Å². The van der Waals surface area contributed by atoms with Crippen LogP contribution in [0, 0.1) is 5.92 Å². The van der Waals surface area contributed by atoms with Gasteiger partial charge in [-0.25, -0.2) is 16.8 Å². The van der Waals surface area contributed by atoms with Crippen molar-refractivity contribution in [2.24, 2.45) is 5.92 Å². The molecule has 154 valence electrons. The predicted molar refractivity (Wildman–Crippen MR) is 102 cm³/mol. The average Bonchev–Trinajstić information content (AvgIpc) is 2.65. The summed E-state index contributed by atoms with van der Waals surface area (Å²) in [6.07, 6.45) is 0.573. The van der Waals surface area contributed by atoms with Crippen molar-refractivity contribution < 1.29 is 26.4 Å². The number of benzene rings is 1. The summed E-state index contributed by atoms with van der Waals surface area (Å²) >= 11 is 0. The predicted octanol–water partition coefficient (Wildman–Crippen LogP) is 1.58. The number of carbonyl (C=O) groups is 1. The smallest absolute Gasteiger partial charge is 0.324 e. The zero-order valence-corrected chi connectivity index (χ0v) is 17.9. The largest absolute Gasteiger partial charge is 0.468 e. The van der Waals surface area contributed by atoms with E-state index in [1.807, 2.05) is 6.92 Å². The van der Waals surface area contributed by atoms with E-state index in [4.69, 9.17) is 0 Å². The maximum absolute atomic E-state index is 12.6. The molecule has 1 rings (SSSR count). The second kappa shape index (κ2) is 9.63. The van der Waals surface area contributed by atoms with Crippen LogP contribution in [-0.4, -0.2) is 53.4 Å². The van der Waals surface area contributed by atoms with Crippen LogP contribution >= 0.6 is 0 Å². The second-order valence-electron chi connectivity index (χ2n) is 6.07. The van der Waals surface area contributed by atoms with Gasteiger partial charge in [-0.1, -0.05) is 34.1 Å². The van der Waals surface area contributed by atoms with Crippen molar-refractivity contribution >= 4 is 26.0 Å². The number of hydrogen-bond donors (Lipinski definition) is 1. The fraction of sp³-hybridized carbons (Fsp3) is 0.588. The van der Waals surface area contributed by atoms with Crippen LogP contribution in [0.15, 0.2) is 34.1 Å². The standard InChI is InChI=1S/C17H28N2O6S2/c1-6-13(4)16(17(20)25-5)18-26(21,22)14-9-11-15(12-10-14)27(23,24)19(7-2)8-3/h9-13,16,18H,6-8H2,1-5H3/t13-,16+/m1/s1. The van der Waals surface area contributed by atoms with Gasteiger partial charge in [-0.2, -0.15) is 9.03 Å². The number of hydrogen-bond acceptors (Lipinski definition) is 6. The monoisotopic (exact) mass is 420 g/mol. The Bertz CT molecular complexity index is 831. The number of esters is 1. The molecule has 0 radical (unpaired) electrons. The minimum Gasteiger partial charge on any atom is -0.468 e. The molecule has 0 aliphatic heterocycles. The molecular weight excluding hydrogens is 392 g/mol. The highest BCUT2D eigenvalue weighted by atomic mass is 32.2. The summed E-state index contributed by atoms with van der Waals surface area (Å²) in [4.78, 5) is 11.8. The van der Waals surface area contributed by atoms with E-state index in [9.17, 15) is 21.6 Å². The average molecular weight is 421 g/mol. The van der Waals surface area contributed by atoms with Crippen LogP contribution in [-0.2, 0) is 29.6 Å². The highest BCUT2D eigenvalue weighted by Gasteiger charge is 2.31. The van der Waals surface area contributed by atoms with Gasteiger partial charge in [-0.15, -0.1) is 0 Å². The van der Waals surface area contributed by atoms with Gasteiger partial charge in [0.15, 0.2) is 0 Å². The Morgan fingerprint density at radius 2 is 1.52 bits per heavy atom. The lowest BCUT2D eigenvalue weighted by Crippen LogP contribution is -2.45. The van der Waals surface area contributed by atoms with Gasteiger partial charge < -0.3 is 4.74 Å². The maximum atomic E-state index is 12.6. The van der Waals surface area contributed by atoms with E-state index in [0.717, 1.165) is 0 Å². The first-order valence-corrected chi connectivity index (χ1v) is 11.7. The first-order chi connectivity index (χ1) is 12.5. The molecule has 27 heavy (non-hydrogen) atoms. The zero-order valence-electron chi connectivity index (χ0n) is 16.3. The van der Waals surface area contributed by atoms with Crippen molar-refractivity contribution in [3.8, 4) is 0 Å². The van der Waals surface area contributed by atoms with E-state index in [1.165, 1.54) is 35.7 Å². The molecule has 0 aliphatic rings. The number of carbonyl (C=O) groups excluding carboxylic acids is 1. The van der Waals surface area contributed by atoms with Gasteiger partial charge in [0.1, 0.15) is 6.04 Å². The van der Waals surface area contributed by atoms with Gasteiger partial charge in [0.2, 0.25) is 20.0 Å². The van der Waals surface area contributed by atoms with Gasteiger partial charge in [-0.05, 0) is 30.2 Å². The van der Waals surface area contributed by atoms with E-state index in [2.05, 4.69) is 9.46 Å². The Labute approximate surface area is 162 Å². The highest BCUT2D eigenvalue weighted by molar-refractivity contribution is 7.89. The lowest BCUT2D eigenvalue weighted by molar-refractivity contribution is -0.143. The number of rotatable bonds is 10. The molecule has 0 aliphatic carbocycles. The molecule has 0 saturated carbocycles. The minimum absolute atomic E-state index is 0.0107. The molecule has 0 bridgehead atoms. The number of ether oxygens (including phenoxy) is 1. The first-order valence-electron chi connectivity index (χ1n) is 8.75. The normalized spacial score (nSPS) is 14.7. The summed E-state index contributed by atoms with van der Waals surface area (Å²) in [7, 11) is -6.51. The number of nitrogens with one attached hydrogen (secondary N) is 1. The van der Waals surface area contributed by atoms with Crippen LogP contribution in [0.3, 0.4) is 0 Å². The van der Waals surface area contributed by atoms with E-state index in [1.54, 1.807) is 20.8 Å². The Morgan fingerprint density at radius 3 is 1.93 bits per heavy atom. The fourth-order valence-corrected chi connectivity index (χ4v) is 5.25. The summed E-state index contributed by atoms with van der Waals surface area (Å²) in [6.45, 7) is 7.66. The highest BCUT2D eigenvalue weighted by Crippen LogP contribution is 2.20. The second-order valence-corrected chi connectivity index (χ2v) is 9.72. The lowest BCUT2D eigenvalue weighted by Gasteiger charge is -2.22. The molecule has 0 saturated heterocycles. The van der Waals surface area contributed by atoms with Gasteiger partial charge in [0.05, 0.1) is 16.9 Å². The van der Waals surface area contributed by atoms with Gasteiger partial charge >= 0.3 is 5.97 Å². The molecule has 1 aromatic carbocycles. The molecule has 0 aromatic heterocycles. The van der Waals surface area contributed by atoms with Crippen LogP contribution in [0.5, 0.6) is 0 Å². The van der Waals surface area contributed by atoms with Crippen LogP contribution < -0.4 is 4.72 Å². The van der Waals surface area contributed by atoms with Gasteiger partial charge in [0.25, 0.3) is 0 Å². The van der Waals surface area contributed by atoms with Crippen molar-refractivity contribution in [3.63, 3.8) is 0 Å². The van der Waals surface area contributed by atoms with Crippen LogP contribution in [0.2, 0.25) is 0 Å². The van der Waals surface area contributed by atoms with Crippen LogP contribution in [0.4, 0.5) is 0 Å². The Hall–Kier alpha value is -1.49. The Kier molecular flexibility index (Phi) is 8.40. The molecule has 0 amide bonds. The van der Waals surface area contributed by atoms with Crippen LogP contribution in [0.25, 0.3) is 0 Å². The zero-order chi connectivity index (χ0) is 20.8. The summed E-state index contributed by atoms with van der Waals surface area (Å²) in [5.74, 6) is -0.941. The van der Waals surface area contributed by atoms with Gasteiger partial charge in [-0.3, -0.25) is 4.79 Å². The van der Waals surface area contributed by atoms with Crippen molar-refractivity contribution in [3.05, 3.63) is 24.3 Å². The third-order valence-electron chi connectivity index (χ3n) is 4.43. The first kappa shape index (κ1) is 23.5. The third-order valence-corrected chi connectivity index (χ3v) is 7.95. The summed E-state index contributed by atoms with van der Waals surface area (Å²) in [6, 6.07) is 3.90. The minimum atomic E-state index is -4.02. The SMILES string of the molecule is CC[C@@H](C)[C@H](NS(=O)(=O)c1ccc(S(=O)(=O)N(CC)CC)cc1)C(=O)OC. The molecule has 0 fully saturated rings. The van der Waals surface area contributed by atoms with E-state index < -0.39 is 32.1 Å². The van der Waals surface area contributed by atoms with E-state index in [0.29, 0.717) is 19.5 Å². The van der Waals surface area contributed by atoms with Crippen molar-refractivity contribution in [2.75, 3.05) is 20.2 Å². The third kappa shape index (κ3) is 5.50. The summed E-state index contributed by atoms with van der Waals surface area (Å²) in [5, 5.41) is 0. The molecule has 1 N–H and O–H groups in total. The summed E-state index contributed by atoms with van der Waals surface area (Å²) in [5.41, 5.74) is 0. The lowest BCUT2D eigenvalue weighted by atomic mass is 10.0. The molecule has 10 heteroatoms. The molecule has 0 heterocycles. The molecule has 1 aromatic rings. The summed E-state index contributed by atoms with van der Waals surface area (Å²) < 4.78 is 58.5. The van der Waals surface area contributed by atoms with E-state index >= 15 is 0 Å². The van der Waals surface area contributed by atoms with Crippen molar-refractivity contribution in [2.45, 2.75) is 49.9 Å². The van der Waals surface area contributed by atoms with Crippen molar-refractivity contribution in [1.82, 2.24) is 9.03 Å². The quantitative estimate of drug-likeness (QED) is 0.576. The van der Waals surface area contributed by atoms with Gasteiger partial charge in [0, 0.05) is 13.1 Å². The molecule has 0 spiro atoms. The maximum Gasteiger partial charge on any atom is 0.324 e. The fourth-order valence-electron chi connectivity index (χ4n) is 2.50. The van der Waals surface area contributed by atoms with Crippen molar-refractivity contribution in [1.29, 1.82) is 0 Å². The number of methoxy groups -OCH3 is 1. The topological polar surface area (TPSA) is 110 Å². The Balaban J connectivity index is 3.17. The molecule has 8 nitrogen and oxygen atoms in total. The number of nitrogens with zero attached hydrogens (tertiary/aromatic N) is 1. The molecule has 2 atom stereocenters. The molecule has 0 unspecified atom stereocenters. The van der Waals surface area contributed by atoms with Crippen LogP contribution in [0.1, 0.15) is 34.1 Å². The number of sulfonamides is 2. The molecular formula is C17H28N2O6S2.